The van der Waals surface area contributed by atoms with E-state index in [1.807, 2.05) is 36.1 Å². The summed E-state index contributed by atoms with van der Waals surface area (Å²) < 4.78 is 12.0. The van der Waals surface area contributed by atoms with Crippen molar-refractivity contribution >= 4 is 21.8 Å². The van der Waals surface area contributed by atoms with Gasteiger partial charge in [-0.2, -0.15) is 0 Å². The van der Waals surface area contributed by atoms with Crippen LogP contribution in [-0.2, 0) is 14.3 Å². The van der Waals surface area contributed by atoms with Gasteiger partial charge in [0.15, 0.2) is 0 Å². The van der Waals surface area contributed by atoms with Crippen molar-refractivity contribution in [2.24, 2.45) is 0 Å². The Bertz CT molecular complexity index is 435. The van der Waals surface area contributed by atoms with Crippen molar-refractivity contribution in [1.29, 1.82) is 0 Å². The second-order valence-electron chi connectivity index (χ2n) is 4.70. The van der Waals surface area contributed by atoms with E-state index in [-0.39, 0.29) is 12.0 Å². The molecule has 0 aromatic heterocycles. The SMILES string of the molecule is CCOCCC(=O)N1CCOC(c2ccc(Br)cc2)C1. The van der Waals surface area contributed by atoms with E-state index in [4.69, 9.17) is 9.47 Å². The summed E-state index contributed by atoms with van der Waals surface area (Å²) in [7, 11) is 0. The Morgan fingerprint density at radius 1 is 1.45 bits per heavy atom. The van der Waals surface area contributed by atoms with Crippen LogP contribution in [0.4, 0.5) is 0 Å². The van der Waals surface area contributed by atoms with Gasteiger partial charge in [0.1, 0.15) is 6.10 Å². The third kappa shape index (κ3) is 4.30. The summed E-state index contributed by atoms with van der Waals surface area (Å²) in [5.74, 6) is 0.142. The molecule has 20 heavy (non-hydrogen) atoms. The quantitative estimate of drug-likeness (QED) is 0.773. The first kappa shape index (κ1) is 15.5. The fourth-order valence-electron chi connectivity index (χ4n) is 2.22. The molecule has 1 atom stereocenters. The predicted molar refractivity (Wildman–Crippen MR) is 80.5 cm³/mol. The second-order valence-corrected chi connectivity index (χ2v) is 5.61. The van der Waals surface area contributed by atoms with Crippen LogP contribution in [0.1, 0.15) is 25.0 Å². The highest BCUT2D eigenvalue weighted by atomic mass is 79.9. The number of halogens is 1. The van der Waals surface area contributed by atoms with E-state index in [1.54, 1.807) is 0 Å². The summed E-state index contributed by atoms with van der Waals surface area (Å²) in [5, 5.41) is 0. The molecule has 5 heteroatoms. The van der Waals surface area contributed by atoms with E-state index in [0.717, 1.165) is 10.0 Å². The fourth-order valence-corrected chi connectivity index (χ4v) is 2.48. The van der Waals surface area contributed by atoms with E-state index in [2.05, 4.69) is 15.9 Å². The summed E-state index contributed by atoms with van der Waals surface area (Å²) in [6, 6.07) is 8.05. The zero-order chi connectivity index (χ0) is 14.4. The van der Waals surface area contributed by atoms with Crippen LogP contribution in [0.5, 0.6) is 0 Å². The van der Waals surface area contributed by atoms with Gasteiger partial charge in [0.2, 0.25) is 5.91 Å². The van der Waals surface area contributed by atoms with E-state index < -0.39 is 0 Å². The van der Waals surface area contributed by atoms with Gasteiger partial charge >= 0.3 is 0 Å². The molecule has 0 radical (unpaired) electrons. The monoisotopic (exact) mass is 341 g/mol. The minimum absolute atomic E-state index is 0.0344. The molecule has 0 spiro atoms. The van der Waals surface area contributed by atoms with Crippen LogP contribution in [0.25, 0.3) is 0 Å². The lowest BCUT2D eigenvalue weighted by Crippen LogP contribution is -2.42. The maximum absolute atomic E-state index is 12.1. The number of hydrogen-bond donors (Lipinski definition) is 0. The Balaban J connectivity index is 1.91. The van der Waals surface area contributed by atoms with Gasteiger partial charge in [-0.25, -0.2) is 0 Å². The highest BCUT2D eigenvalue weighted by molar-refractivity contribution is 9.10. The Hall–Kier alpha value is -0.910. The molecular weight excluding hydrogens is 322 g/mol. The van der Waals surface area contributed by atoms with Crippen LogP contribution in [0.2, 0.25) is 0 Å². The lowest BCUT2D eigenvalue weighted by Gasteiger charge is -2.33. The van der Waals surface area contributed by atoms with Gasteiger partial charge in [0, 0.05) is 17.6 Å². The lowest BCUT2D eigenvalue weighted by atomic mass is 10.1. The van der Waals surface area contributed by atoms with Crippen molar-refractivity contribution in [3.63, 3.8) is 0 Å². The van der Waals surface area contributed by atoms with Crippen molar-refractivity contribution in [2.45, 2.75) is 19.4 Å². The Morgan fingerprint density at radius 2 is 2.20 bits per heavy atom. The molecule has 1 aliphatic heterocycles. The fraction of sp³-hybridized carbons (Fsp3) is 0.533. The Kier molecular flexibility index (Phi) is 6.01. The number of benzene rings is 1. The zero-order valence-electron chi connectivity index (χ0n) is 11.7. The van der Waals surface area contributed by atoms with Crippen LogP contribution >= 0.6 is 15.9 Å². The third-order valence-corrected chi connectivity index (χ3v) is 3.85. The highest BCUT2D eigenvalue weighted by Crippen LogP contribution is 2.24. The summed E-state index contributed by atoms with van der Waals surface area (Å²) in [6.45, 7) is 4.95. The van der Waals surface area contributed by atoms with Crippen LogP contribution < -0.4 is 0 Å². The molecule has 2 rings (SSSR count). The molecule has 1 amide bonds. The maximum atomic E-state index is 12.1. The third-order valence-electron chi connectivity index (χ3n) is 3.33. The van der Waals surface area contributed by atoms with Crippen molar-refractivity contribution in [3.05, 3.63) is 34.3 Å². The molecule has 1 aromatic rings. The standard InChI is InChI=1S/C15H20BrNO3/c1-2-19-9-7-15(18)17-8-10-20-14(11-17)12-3-5-13(16)6-4-12/h3-6,14H,2,7-11H2,1H3. The number of carbonyl (C=O) groups is 1. The van der Waals surface area contributed by atoms with Crippen molar-refractivity contribution < 1.29 is 14.3 Å². The summed E-state index contributed by atoms with van der Waals surface area (Å²) in [6.07, 6.45) is 0.411. The predicted octanol–water partition coefficient (Wildman–Crippen LogP) is 2.78. The van der Waals surface area contributed by atoms with Crippen LogP contribution in [0.3, 0.4) is 0 Å². The van der Waals surface area contributed by atoms with Crippen molar-refractivity contribution in [1.82, 2.24) is 4.90 Å². The molecule has 1 unspecified atom stereocenters. The Morgan fingerprint density at radius 3 is 2.90 bits per heavy atom. The van der Waals surface area contributed by atoms with E-state index in [9.17, 15) is 4.79 Å². The minimum Gasteiger partial charge on any atom is -0.381 e. The molecule has 0 N–H and O–H groups in total. The van der Waals surface area contributed by atoms with Gasteiger partial charge in [0.25, 0.3) is 0 Å². The number of ether oxygens (including phenoxy) is 2. The van der Waals surface area contributed by atoms with Gasteiger partial charge < -0.3 is 14.4 Å². The molecule has 1 aliphatic rings. The maximum Gasteiger partial charge on any atom is 0.225 e. The van der Waals surface area contributed by atoms with E-state index in [0.29, 0.717) is 39.3 Å². The summed E-state index contributed by atoms with van der Waals surface area (Å²) >= 11 is 3.42. The topological polar surface area (TPSA) is 38.8 Å². The number of hydrogen-bond acceptors (Lipinski definition) is 3. The summed E-state index contributed by atoms with van der Waals surface area (Å²) in [4.78, 5) is 14.0. The molecule has 1 fully saturated rings. The van der Waals surface area contributed by atoms with Gasteiger partial charge in [0.05, 0.1) is 26.2 Å². The normalized spacial score (nSPS) is 19.1. The van der Waals surface area contributed by atoms with Gasteiger partial charge in [-0.1, -0.05) is 28.1 Å². The molecule has 1 heterocycles. The molecule has 0 saturated carbocycles. The van der Waals surface area contributed by atoms with Crippen LogP contribution in [0.15, 0.2) is 28.7 Å². The van der Waals surface area contributed by atoms with Gasteiger partial charge in [-0.3, -0.25) is 4.79 Å². The van der Waals surface area contributed by atoms with Gasteiger partial charge in [-0.05, 0) is 24.6 Å². The van der Waals surface area contributed by atoms with Crippen molar-refractivity contribution in [3.8, 4) is 0 Å². The van der Waals surface area contributed by atoms with Crippen LogP contribution in [0, 0.1) is 0 Å². The molecule has 110 valence electrons. The number of carbonyl (C=O) groups excluding carboxylic acids is 1. The molecule has 0 bridgehead atoms. The van der Waals surface area contributed by atoms with Crippen LogP contribution in [-0.4, -0.2) is 43.7 Å². The number of amides is 1. The molecule has 1 aromatic carbocycles. The van der Waals surface area contributed by atoms with E-state index >= 15 is 0 Å². The van der Waals surface area contributed by atoms with E-state index in [1.165, 1.54) is 0 Å². The number of morpholine rings is 1. The highest BCUT2D eigenvalue weighted by Gasteiger charge is 2.24. The molecule has 1 saturated heterocycles. The molecular formula is C15H20BrNO3. The molecule has 4 nitrogen and oxygen atoms in total. The minimum atomic E-state index is -0.0344. The smallest absolute Gasteiger partial charge is 0.225 e. The lowest BCUT2D eigenvalue weighted by molar-refractivity contribution is -0.140. The average molecular weight is 342 g/mol. The zero-order valence-corrected chi connectivity index (χ0v) is 13.3. The van der Waals surface area contributed by atoms with Crippen molar-refractivity contribution in [2.75, 3.05) is 32.9 Å². The first-order chi connectivity index (χ1) is 9.70. The average Bonchev–Trinajstić information content (AvgIpc) is 2.48. The first-order valence-corrected chi connectivity index (χ1v) is 7.72. The summed E-state index contributed by atoms with van der Waals surface area (Å²) in [5.41, 5.74) is 1.11. The number of rotatable bonds is 5. The number of nitrogens with zero attached hydrogens (tertiary/aromatic N) is 1. The van der Waals surface area contributed by atoms with Gasteiger partial charge in [-0.15, -0.1) is 0 Å². The molecule has 0 aliphatic carbocycles. The largest absolute Gasteiger partial charge is 0.381 e. The second kappa shape index (κ2) is 7.76. The Labute approximate surface area is 128 Å². The first-order valence-electron chi connectivity index (χ1n) is 6.93.